The highest BCUT2D eigenvalue weighted by Crippen LogP contribution is 2.35. The molecule has 6 nitrogen and oxygen atoms in total. The first kappa shape index (κ1) is 23.1. The number of aryl methyl sites for hydroxylation is 3. The SMILES string of the molecule is CCc1nc2c(C)cc(C)nc2n1Cc1cc(Cl)c(OCc2ccccc2C(=O)O)c(Cl)c1. The first-order valence-electron chi connectivity index (χ1n) is 10.5. The van der Waals surface area contributed by atoms with Gasteiger partial charge in [-0.1, -0.05) is 48.3 Å². The number of nitrogens with zero attached hydrogens (tertiary/aromatic N) is 3. The van der Waals surface area contributed by atoms with Crippen molar-refractivity contribution in [1.82, 2.24) is 14.5 Å². The second kappa shape index (κ2) is 9.41. The highest BCUT2D eigenvalue weighted by molar-refractivity contribution is 6.37. The number of aromatic carboxylic acids is 1. The van der Waals surface area contributed by atoms with E-state index in [0.29, 0.717) is 27.9 Å². The van der Waals surface area contributed by atoms with Gasteiger partial charge in [0, 0.05) is 17.7 Å². The smallest absolute Gasteiger partial charge is 0.336 e. The molecular weight excluding hydrogens is 461 g/mol. The Morgan fingerprint density at radius 2 is 1.79 bits per heavy atom. The minimum atomic E-state index is -1.01. The summed E-state index contributed by atoms with van der Waals surface area (Å²) in [6, 6.07) is 12.3. The number of ether oxygens (including phenoxy) is 1. The minimum Gasteiger partial charge on any atom is -0.486 e. The predicted octanol–water partition coefficient (Wildman–Crippen LogP) is 6.24. The second-order valence-electron chi connectivity index (χ2n) is 7.86. The maximum absolute atomic E-state index is 11.4. The van der Waals surface area contributed by atoms with Crippen LogP contribution >= 0.6 is 23.2 Å². The van der Waals surface area contributed by atoms with Crippen molar-refractivity contribution in [2.24, 2.45) is 0 Å². The van der Waals surface area contributed by atoms with Crippen LogP contribution in [0.25, 0.3) is 11.2 Å². The molecule has 8 heteroatoms. The van der Waals surface area contributed by atoms with Gasteiger partial charge in [0.15, 0.2) is 11.4 Å². The minimum absolute atomic E-state index is 0.0376. The number of carboxylic acids is 1. The summed E-state index contributed by atoms with van der Waals surface area (Å²) in [5, 5.41) is 10.1. The number of carboxylic acid groups (broad SMARTS) is 1. The third-order valence-electron chi connectivity index (χ3n) is 5.44. The summed E-state index contributed by atoms with van der Waals surface area (Å²) in [4.78, 5) is 20.9. The molecule has 0 atom stereocenters. The molecule has 170 valence electrons. The molecule has 4 aromatic rings. The number of carbonyl (C=O) groups is 1. The number of hydrogen-bond donors (Lipinski definition) is 1. The Kier molecular flexibility index (Phi) is 6.58. The van der Waals surface area contributed by atoms with Crippen LogP contribution in [0.3, 0.4) is 0 Å². The lowest BCUT2D eigenvalue weighted by Gasteiger charge is -2.14. The zero-order valence-electron chi connectivity index (χ0n) is 18.5. The van der Waals surface area contributed by atoms with Crippen molar-refractivity contribution in [3.63, 3.8) is 0 Å². The molecular formula is C25H23Cl2N3O3. The van der Waals surface area contributed by atoms with Crippen LogP contribution in [0.4, 0.5) is 0 Å². The summed E-state index contributed by atoms with van der Waals surface area (Å²) in [5.74, 6) is 0.238. The monoisotopic (exact) mass is 483 g/mol. The number of halogens is 2. The molecule has 0 spiro atoms. The van der Waals surface area contributed by atoms with Gasteiger partial charge in [-0.05, 0) is 49.2 Å². The van der Waals surface area contributed by atoms with Crippen molar-refractivity contribution in [2.75, 3.05) is 0 Å². The van der Waals surface area contributed by atoms with Crippen molar-refractivity contribution in [3.8, 4) is 5.75 Å². The molecule has 2 aromatic carbocycles. The fraction of sp³-hybridized carbons (Fsp3) is 0.240. The van der Waals surface area contributed by atoms with Gasteiger partial charge in [-0.2, -0.15) is 0 Å². The standard InChI is InChI=1S/C25H23Cl2N3O3/c1-4-21-29-22-14(2)9-15(3)28-24(22)30(21)12-16-10-19(26)23(20(27)11-16)33-13-17-7-5-6-8-18(17)25(31)32/h5-11H,4,12-13H2,1-3H3,(H,31,32). The van der Waals surface area contributed by atoms with Gasteiger partial charge in [0.25, 0.3) is 0 Å². The molecule has 1 N–H and O–H groups in total. The van der Waals surface area contributed by atoms with Crippen molar-refractivity contribution in [2.45, 2.75) is 40.3 Å². The van der Waals surface area contributed by atoms with Gasteiger partial charge in [0.2, 0.25) is 0 Å². The first-order chi connectivity index (χ1) is 15.8. The second-order valence-corrected chi connectivity index (χ2v) is 8.67. The van der Waals surface area contributed by atoms with Gasteiger partial charge < -0.3 is 14.4 Å². The summed E-state index contributed by atoms with van der Waals surface area (Å²) >= 11 is 13.0. The number of fused-ring (bicyclic) bond motifs is 1. The molecule has 2 heterocycles. The number of pyridine rings is 1. The van der Waals surface area contributed by atoms with Crippen LogP contribution in [0.15, 0.2) is 42.5 Å². The van der Waals surface area contributed by atoms with Crippen molar-refractivity contribution < 1.29 is 14.6 Å². The lowest BCUT2D eigenvalue weighted by molar-refractivity contribution is 0.0694. The fourth-order valence-corrected chi connectivity index (χ4v) is 4.55. The van der Waals surface area contributed by atoms with E-state index < -0.39 is 5.97 Å². The zero-order valence-corrected chi connectivity index (χ0v) is 20.0. The highest BCUT2D eigenvalue weighted by atomic mass is 35.5. The van der Waals surface area contributed by atoms with Gasteiger partial charge in [-0.3, -0.25) is 0 Å². The fourth-order valence-electron chi connectivity index (χ4n) is 3.91. The maximum Gasteiger partial charge on any atom is 0.336 e. The number of aromatic nitrogens is 3. The molecule has 2 aromatic heterocycles. The maximum atomic E-state index is 11.4. The van der Waals surface area contributed by atoms with Crippen LogP contribution in [0.2, 0.25) is 10.0 Å². The number of imidazole rings is 1. The van der Waals surface area contributed by atoms with E-state index in [1.165, 1.54) is 6.07 Å². The molecule has 0 unspecified atom stereocenters. The summed E-state index contributed by atoms with van der Waals surface area (Å²) in [7, 11) is 0. The van der Waals surface area contributed by atoms with E-state index in [4.69, 9.17) is 37.9 Å². The van der Waals surface area contributed by atoms with E-state index in [9.17, 15) is 9.90 Å². The van der Waals surface area contributed by atoms with E-state index in [1.54, 1.807) is 30.3 Å². The van der Waals surface area contributed by atoms with Gasteiger partial charge >= 0.3 is 5.97 Å². The van der Waals surface area contributed by atoms with Crippen LogP contribution < -0.4 is 4.74 Å². The van der Waals surface area contributed by atoms with E-state index in [0.717, 1.165) is 40.2 Å². The summed E-state index contributed by atoms with van der Waals surface area (Å²) in [6.45, 7) is 6.62. The Morgan fingerprint density at radius 3 is 2.45 bits per heavy atom. The van der Waals surface area contributed by atoms with Gasteiger partial charge in [0.1, 0.15) is 17.9 Å². The average Bonchev–Trinajstić information content (AvgIpc) is 3.11. The van der Waals surface area contributed by atoms with E-state index in [1.807, 2.05) is 19.9 Å². The molecule has 0 saturated carbocycles. The molecule has 0 amide bonds. The zero-order chi connectivity index (χ0) is 23.7. The Labute approximate surface area is 201 Å². The largest absolute Gasteiger partial charge is 0.486 e. The molecule has 0 saturated heterocycles. The lowest BCUT2D eigenvalue weighted by Crippen LogP contribution is -2.07. The van der Waals surface area contributed by atoms with Crippen LogP contribution in [0.1, 0.15) is 45.5 Å². The average molecular weight is 484 g/mol. The summed E-state index contributed by atoms with van der Waals surface area (Å²) in [5.41, 5.74) is 5.36. The lowest BCUT2D eigenvalue weighted by atomic mass is 10.1. The molecule has 0 radical (unpaired) electrons. The van der Waals surface area contributed by atoms with Crippen LogP contribution in [-0.2, 0) is 19.6 Å². The van der Waals surface area contributed by atoms with Crippen LogP contribution in [0.5, 0.6) is 5.75 Å². The highest BCUT2D eigenvalue weighted by Gasteiger charge is 2.17. The number of benzene rings is 2. The van der Waals surface area contributed by atoms with Gasteiger partial charge in [0.05, 0.1) is 22.2 Å². The predicted molar refractivity (Wildman–Crippen MR) is 130 cm³/mol. The topological polar surface area (TPSA) is 77.2 Å². The number of hydrogen-bond acceptors (Lipinski definition) is 4. The third kappa shape index (κ3) is 4.68. The molecule has 33 heavy (non-hydrogen) atoms. The summed E-state index contributed by atoms with van der Waals surface area (Å²) < 4.78 is 7.91. The Hall–Kier alpha value is -3.09. The van der Waals surface area contributed by atoms with E-state index >= 15 is 0 Å². The normalized spacial score (nSPS) is 11.2. The molecule has 0 aliphatic heterocycles. The first-order valence-corrected chi connectivity index (χ1v) is 11.3. The quantitative estimate of drug-likeness (QED) is 0.336. The molecule has 0 aliphatic rings. The summed E-state index contributed by atoms with van der Waals surface area (Å²) in [6.07, 6.45) is 0.764. The third-order valence-corrected chi connectivity index (χ3v) is 6.00. The molecule has 0 bridgehead atoms. The van der Waals surface area contributed by atoms with Crippen molar-refractivity contribution in [3.05, 3.63) is 86.3 Å². The number of rotatable bonds is 7. The molecule has 4 rings (SSSR count). The van der Waals surface area contributed by atoms with Crippen LogP contribution in [-0.4, -0.2) is 25.6 Å². The van der Waals surface area contributed by atoms with E-state index in [-0.39, 0.29) is 12.2 Å². The Morgan fingerprint density at radius 1 is 1.09 bits per heavy atom. The Balaban J connectivity index is 1.63. The Bertz CT molecular complexity index is 1340. The molecule has 0 aliphatic carbocycles. The van der Waals surface area contributed by atoms with Crippen LogP contribution in [0, 0.1) is 13.8 Å². The van der Waals surface area contributed by atoms with E-state index in [2.05, 4.69) is 11.5 Å². The van der Waals surface area contributed by atoms with Crippen molar-refractivity contribution in [1.29, 1.82) is 0 Å². The van der Waals surface area contributed by atoms with Gasteiger partial charge in [-0.15, -0.1) is 0 Å². The van der Waals surface area contributed by atoms with Crippen molar-refractivity contribution >= 4 is 40.3 Å². The van der Waals surface area contributed by atoms with Gasteiger partial charge in [-0.25, -0.2) is 14.8 Å². The molecule has 0 fully saturated rings.